The fraction of sp³-hybridized carbons (Fsp3) is 0.750. The molecule has 0 bridgehead atoms. The maximum atomic E-state index is 9.02. The highest BCUT2D eigenvalue weighted by atomic mass is 16.3. The molecular weight excluding hydrogens is 202 g/mol. The van der Waals surface area contributed by atoms with Crippen LogP contribution in [-0.2, 0) is 6.54 Å². The van der Waals surface area contributed by atoms with E-state index < -0.39 is 5.54 Å². The highest BCUT2D eigenvalue weighted by Gasteiger charge is 2.15. The van der Waals surface area contributed by atoms with Crippen LogP contribution in [0.15, 0.2) is 6.07 Å². The number of rotatable bonds is 6. The molecule has 0 aliphatic carbocycles. The Labute approximate surface area is 97.5 Å². The van der Waals surface area contributed by atoms with Crippen LogP contribution in [0.5, 0.6) is 0 Å². The molecule has 0 aliphatic rings. The number of hydrogen-bond donors (Lipinski definition) is 2. The Morgan fingerprint density at radius 3 is 2.62 bits per heavy atom. The molecule has 0 saturated heterocycles. The van der Waals surface area contributed by atoms with E-state index >= 15 is 0 Å². The number of nitrogens with zero attached hydrogens (tertiary/aromatic N) is 2. The molecule has 0 aromatic carbocycles. The van der Waals surface area contributed by atoms with Crippen molar-refractivity contribution in [2.45, 2.75) is 52.1 Å². The maximum absolute atomic E-state index is 9.02. The van der Waals surface area contributed by atoms with E-state index in [-0.39, 0.29) is 6.61 Å². The number of aromatic nitrogens is 2. The van der Waals surface area contributed by atoms with Gasteiger partial charge in [-0.3, -0.25) is 4.68 Å². The SMILES string of the molecule is Cc1cc(C)n(CCCCC(C)(N)CO)n1. The lowest BCUT2D eigenvalue weighted by Crippen LogP contribution is -2.39. The van der Waals surface area contributed by atoms with E-state index in [1.165, 1.54) is 5.69 Å². The molecule has 1 aromatic rings. The van der Waals surface area contributed by atoms with Crippen molar-refractivity contribution in [2.24, 2.45) is 5.73 Å². The molecule has 0 spiro atoms. The predicted molar refractivity (Wildman–Crippen MR) is 65.2 cm³/mol. The number of unbranched alkanes of at least 4 members (excludes halogenated alkanes) is 1. The van der Waals surface area contributed by atoms with Crippen molar-refractivity contribution in [3.63, 3.8) is 0 Å². The van der Waals surface area contributed by atoms with E-state index in [1.807, 2.05) is 18.5 Å². The van der Waals surface area contributed by atoms with Crippen molar-refractivity contribution < 1.29 is 5.11 Å². The monoisotopic (exact) mass is 225 g/mol. The van der Waals surface area contributed by atoms with Gasteiger partial charge in [0.1, 0.15) is 0 Å². The van der Waals surface area contributed by atoms with Crippen LogP contribution in [0.1, 0.15) is 37.6 Å². The Kier molecular flexibility index (Phi) is 4.50. The zero-order valence-corrected chi connectivity index (χ0v) is 10.5. The molecule has 1 rings (SSSR count). The van der Waals surface area contributed by atoms with Crippen LogP contribution < -0.4 is 5.73 Å². The second-order valence-electron chi connectivity index (χ2n) is 4.92. The summed E-state index contributed by atoms with van der Waals surface area (Å²) in [4.78, 5) is 0. The molecule has 0 saturated carbocycles. The first-order valence-corrected chi connectivity index (χ1v) is 5.85. The van der Waals surface area contributed by atoms with Crippen molar-refractivity contribution in [3.05, 3.63) is 17.5 Å². The van der Waals surface area contributed by atoms with Gasteiger partial charge in [-0.15, -0.1) is 0 Å². The molecule has 0 amide bonds. The lowest BCUT2D eigenvalue weighted by molar-refractivity contribution is 0.197. The maximum Gasteiger partial charge on any atom is 0.0608 e. The average Bonchev–Trinajstić information content (AvgIpc) is 2.52. The van der Waals surface area contributed by atoms with Crippen LogP contribution in [0.2, 0.25) is 0 Å². The molecule has 0 fully saturated rings. The van der Waals surface area contributed by atoms with E-state index in [4.69, 9.17) is 10.8 Å². The zero-order valence-electron chi connectivity index (χ0n) is 10.5. The van der Waals surface area contributed by atoms with Crippen molar-refractivity contribution >= 4 is 0 Å². The van der Waals surface area contributed by atoms with Gasteiger partial charge in [0, 0.05) is 17.8 Å². The van der Waals surface area contributed by atoms with Gasteiger partial charge in [0.05, 0.1) is 12.3 Å². The summed E-state index contributed by atoms with van der Waals surface area (Å²) in [5, 5.41) is 13.4. The van der Waals surface area contributed by atoms with Gasteiger partial charge in [0.15, 0.2) is 0 Å². The third kappa shape index (κ3) is 3.94. The van der Waals surface area contributed by atoms with Gasteiger partial charge in [-0.05, 0) is 46.1 Å². The summed E-state index contributed by atoms with van der Waals surface area (Å²) in [6.07, 6.45) is 2.92. The van der Waals surface area contributed by atoms with Crippen molar-refractivity contribution in [1.29, 1.82) is 0 Å². The smallest absolute Gasteiger partial charge is 0.0608 e. The van der Waals surface area contributed by atoms with Crippen molar-refractivity contribution in [2.75, 3.05) is 6.61 Å². The molecule has 0 radical (unpaired) electrons. The molecule has 4 nitrogen and oxygen atoms in total. The Bertz CT molecular complexity index is 331. The topological polar surface area (TPSA) is 64.1 Å². The molecule has 16 heavy (non-hydrogen) atoms. The summed E-state index contributed by atoms with van der Waals surface area (Å²) in [5.74, 6) is 0. The first-order valence-electron chi connectivity index (χ1n) is 5.85. The van der Waals surface area contributed by atoms with Crippen LogP contribution in [0.4, 0.5) is 0 Å². The van der Waals surface area contributed by atoms with Crippen LogP contribution in [0.3, 0.4) is 0 Å². The van der Waals surface area contributed by atoms with Gasteiger partial charge in [-0.1, -0.05) is 0 Å². The molecule has 3 N–H and O–H groups in total. The predicted octanol–water partition coefficient (Wildman–Crippen LogP) is 1.38. The van der Waals surface area contributed by atoms with E-state index in [2.05, 4.69) is 18.1 Å². The van der Waals surface area contributed by atoms with Crippen molar-refractivity contribution in [1.82, 2.24) is 9.78 Å². The quantitative estimate of drug-likeness (QED) is 0.719. The normalized spacial score (nSPS) is 15.1. The molecule has 1 unspecified atom stereocenters. The number of aliphatic hydroxyl groups is 1. The first kappa shape index (κ1) is 13.2. The van der Waals surface area contributed by atoms with Crippen LogP contribution in [0.25, 0.3) is 0 Å². The minimum absolute atomic E-state index is 0.0485. The summed E-state index contributed by atoms with van der Waals surface area (Å²) in [7, 11) is 0. The molecule has 92 valence electrons. The third-order valence-electron chi connectivity index (χ3n) is 2.83. The summed E-state index contributed by atoms with van der Waals surface area (Å²) in [6.45, 7) is 6.94. The standard InChI is InChI=1S/C12H23N3O/c1-10-8-11(2)15(14-10)7-5-4-6-12(3,13)9-16/h8,16H,4-7,9,13H2,1-3H3. The first-order chi connectivity index (χ1) is 7.44. The minimum atomic E-state index is -0.435. The van der Waals surface area contributed by atoms with Crippen molar-refractivity contribution in [3.8, 4) is 0 Å². The summed E-state index contributed by atoms with van der Waals surface area (Å²) in [6, 6.07) is 2.08. The van der Waals surface area contributed by atoms with Gasteiger partial charge in [0.2, 0.25) is 0 Å². The largest absolute Gasteiger partial charge is 0.394 e. The molecule has 1 aromatic heterocycles. The van der Waals surface area contributed by atoms with Gasteiger partial charge in [-0.25, -0.2) is 0 Å². The third-order valence-corrected chi connectivity index (χ3v) is 2.83. The average molecular weight is 225 g/mol. The Morgan fingerprint density at radius 2 is 2.12 bits per heavy atom. The molecule has 1 atom stereocenters. The zero-order chi connectivity index (χ0) is 12.2. The van der Waals surface area contributed by atoms with E-state index in [9.17, 15) is 0 Å². The molecule has 4 heteroatoms. The highest BCUT2D eigenvalue weighted by molar-refractivity contribution is 5.06. The lowest BCUT2D eigenvalue weighted by atomic mass is 9.97. The fourth-order valence-electron chi connectivity index (χ4n) is 1.77. The van der Waals surface area contributed by atoms with Gasteiger partial charge >= 0.3 is 0 Å². The summed E-state index contributed by atoms with van der Waals surface area (Å²) in [5.41, 5.74) is 7.69. The fourth-order valence-corrected chi connectivity index (χ4v) is 1.77. The van der Waals surface area contributed by atoms with E-state index in [1.54, 1.807) is 0 Å². The Hall–Kier alpha value is -0.870. The summed E-state index contributed by atoms with van der Waals surface area (Å²) >= 11 is 0. The second-order valence-corrected chi connectivity index (χ2v) is 4.92. The number of nitrogens with two attached hydrogens (primary N) is 1. The lowest BCUT2D eigenvalue weighted by Gasteiger charge is -2.21. The Balaban J connectivity index is 2.29. The number of hydrogen-bond acceptors (Lipinski definition) is 3. The van der Waals surface area contributed by atoms with E-state index in [0.29, 0.717) is 0 Å². The minimum Gasteiger partial charge on any atom is -0.394 e. The Morgan fingerprint density at radius 1 is 1.44 bits per heavy atom. The molecule has 1 heterocycles. The second kappa shape index (κ2) is 5.46. The van der Waals surface area contributed by atoms with Crippen LogP contribution in [0, 0.1) is 13.8 Å². The number of aliphatic hydroxyl groups excluding tert-OH is 1. The van der Waals surface area contributed by atoms with E-state index in [0.717, 1.165) is 31.5 Å². The molecule has 0 aliphatic heterocycles. The van der Waals surface area contributed by atoms with Gasteiger partial charge in [0.25, 0.3) is 0 Å². The van der Waals surface area contributed by atoms with Crippen LogP contribution >= 0.6 is 0 Å². The van der Waals surface area contributed by atoms with Gasteiger partial charge < -0.3 is 10.8 Å². The van der Waals surface area contributed by atoms with Crippen LogP contribution in [-0.4, -0.2) is 27.0 Å². The highest BCUT2D eigenvalue weighted by Crippen LogP contribution is 2.11. The van der Waals surface area contributed by atoms with Gasteiger partial charge in [-0.2, -0.15) is 5.10 Å². The number of aryl methyl sites for hydroxylation is 3. The summed E-state index contributed by atoms with van der Waals surface area (Å²) < 4.78 is 2.03. The molecular formula is C12H23N3O.